The number of rotatable bonds is 11. The molecule has 0 bridgehead atoms. The minimum Gasteiger partial charge on any atom is -0.481 e. The topological polar surface area (TPSA) is 146 Å². The Morgan fingerprint density at radius 2 is 1.64 bits per heavy atom. The molecule has 0 saturated carbocycles. The molecular formula is C36H42N4O7. The number of ether oxygens (including phenoxy) is 2. The third-order valence-corrected chi connectivity index (χ3v) is 9.37. The second-order valence-electron chi connectivity index (χ2n) is 12.6. The van der Waals surface area contributed by atoms with Crippen molar-refractivity contribution >= 4 is 28.6 Å². The van der Waals surface area contributed by atoms with Gasteiger partial charge in [0.1, 0.15) is 0 Å². The Hall–Kier alpha value is -4.29. The van der Waals surface area contributed by atoms with E-state index in [1.807, 2.05) is 65.2 Å². The van der Waals surface area contributed by atoms with E-state index in [2.05, 4.69) is 22.1 Å². The minimum atomic E-state index is -0.920. The van der Waals surface area contributed by atoms with E-state index in [-0.39, 0.29) is 61.6 Å². The molecule has 1 aromatic heterocycles. The van der Waals surface area contributed by atoms with Gasteiger partial charge in [-0.1, -0.05) is 55.5 Å². The van der Waals surface area contributed by atoms with Gasteiger partial charge in [0.15, 0.2) is 6.29 Å². The van der Waals surface area contributed by atoms with Crippen LogP contribution in [-0.2, 0) is 25.7 Å². The van der Waals surface area contributed by atoms with Crippen LogP contribution in [0.1, 0.15) is 74.2 Å². The molecule has 2 saturated heterocycles. The van der Waals surface area contributed by atoms with E-state index in [1.54, 1.807) is 12.1 Å². The monoisotopic (exact) mass is 642 g/mol. The number of nitrogens with one attached hydrogen (secondary N) is 2. The highest BCUT2D eigenvalue weighted by atomic mass is 16.7. The average molecular weight is 643 g/mol. The van der Waals surface area contributed by atoms with Gasteiger partial charge in [-0.25, -0.2) is 4.79 Å². The Morgan fingerprint density at radius 1 is 0.936 bits per heavy atom. The number of aliphatic carboxylic acids is 1. The van der Waals surface area contributed by atoms with Crippen LogP contribution in [0.15, 0.2) is 77.6 Å². The van der Waals surface area contributed by atoms with E-state index in [0.717, 1.165) is 53.7 Å². The number of aromatic amines is 1. The number of nitrogens with zero attached hydrogens (tertiary/aromatic N) is 2. The lowest BCUT2D eigenvalue weighted by molar-refractivity contribution is -0.276. The normalized spacial score (nSPS) is 22.3. The van der Waals surface area contributed by atoms with Gasteiger partial charge >= 0.3 is 11.7 Å². The predicted molar refractivity (Wildman–Crippen MR) is 177 cm³/mol. The van der Waals surface area contributed by atoms with Gasteiger partial charge in [-0.15, -0.1) is 0 Å². The molecule has 47 heavy (non-hydrogen) atoms. The molecule has 3 aromatic carbocycles. The van der Waals surface area contributed by atoms with Gasteiger partial charge in [0, 0.05) is 55.7 Å². The first-order valence-electron chi connectivity index (χ1n) is 16.3. The number of carbonyl (C=O) groups excluding carboxylic acids is 1. The van der Waals surface area contributed by atoms with E-state index in [0.29, 0.717) is 12.2 Å². The molecule has 0 aliphatic carbocycles. The van der Waals surface area contributed by atoms with Crippen LogP contribution >= 0.6 is 0 Å². The Balaban J connectivity index is 1.15. The van der Waals surface area contributed by atoms with Gasteiger partial charge in [-0.2, -0.15) is 0 Å². The number of piperidine rings is 1. The van der Waals surface area contributed by atoms with Gasteiger partial charge in [0.2, 0.25) is 5.91 Å². The molecule has 0 radical (unpaired) electrons. The summed E-state index contributed by atoms with van der Waals surface area (Å²) < 4.78 is 15.1. The van der Waals surface area contributed by atoms with Crippen LogP contribution in [0.5, 0.6) is 0 Å². The summed E-state index contributed by atoms with van der Waals surface area (Å²) in [6, 6.07) is 23.1. The maximum Gasteiger partial charge on any atom is 0.326 e. The molecule has 0 spiro atoms. The first-order chi connectivity index (χ1) is 22.8. The number of amides is 1. The Kier molecular flexibility index (Phi) is 10.2. The number of likely N-dealkylation sites (tertiary alicyclic amines) is 1. The lowest BCUT2D eigenvalue weighted by Gasteiger charge is -2.44. The fourth-order valence-corrected chi connectivity index (χ4v) is 6.73. The molecule has 4 N–H and O–H groups in total. The number of anilines is 1. The first-order valence-corrected chi connectivity index (χ1v) is 16.3. The van der Waals surface area contributed by atoms with E-state index < -0.39 is 12.3 Å². The van der Waals surface area contributed by atoms with E-state index in [1.165, 1.54) is 0 Å². The summed E-state index contributed by atoms with van der Waals surface area (Å²) >= 11 is 0. The second kappa shape index (κ2) is 14.6. The van der Waals surface area contributed by atoms with Crippen LogP contribution in [0, 0.1) is 5.92 Å². The number of H-pyrrole nitrogens is 1. The van der Waals surface area contributed by atoms with Crippen molar-refractivity contribution in [1.29, 1.82) is 0 Å². The fraction of sp³-hybridized carbons (Fsp3) is 0.417. The van der Waals surface area contributed by atoms with Crippen LogP contribution in [0.25, 0.3) is 11.0 Å². The molecule has 1 amide bonds. The molecule has 248 valence electrons. The summed E-state index contributed by atoms with van der Waals surface area (Å²) in [7, 11) is 0. The summed E-state index contributed by atoms with van der Waals surface area (Å²) in [6.45, 7) is 4.51. The molecule has 4 aromatic rings. The molecule has 4 atom stereocenters. The van der Waals surface area contributed by atoms with Gasteiger partial charge in [0.05, 0.1) is 29.8 Å². The lowest BCUT2D eigenvalue weighted by atomic mass is 9.89. The lowest BCUT2D eigenvalue weighted by Crippen LogP contribution is -2.47. The van der Waals surface area contributed by atoms with Crippen LogP contribution in [0.2, 0.25) is 0 Å². The molecule has 3 heterocycles. The van der Waals surface area contributed by atoms with Crippen molar-refractivity contribution in [3.8, 4) is 0 Å². The van der Waals surface area contributed by atoms with Crippen molar-refractivity contribution in [2.24, 2.45) is 5.92 Å². The molecule has 0 unspecified atom stereocenters. The molecule has 2 fully saturated rings. The highest BCUT2D eigenvalue weighted by Gasteiger charge is 2.39. The number of benzene rings is 3. The summed E-state index contributed by atoms with van der Waals surface area (Å²) in [5.74, 6) is -1.12. The zero-order valence-electron chi connectivity index (χ0n) is 26.5. The largest absolute Gasteiger partial charge is 0.481 e. The number of aliphatic hydroxyl groups is 1. The molecular weight excluding hydrogens is 600 g/mol. The number of aliphatic hydroxyl groups excluding tert-OH is 1. The summed E-state index contributed by atoms with van der Waals surface area (Å²) in [6.07, 6.45) is 1.06. The van der Waals surface area contributed by atoms with Crippen molar-refractivity contribution in [2.45, 2.75) is 70.2 Å². The van der Waals surface area contributed by atoms with E-state index in [4.69, 9.17) is 14.6 Å². The number of hydrogen-bond donors (Lipinski definition) is 4. The Labute approximate surface area is 273 Å². The van der Waals surface area contributed by atoms with Crippen LogP contribution < -0.4 is 11.0 Å². The van der Waals surface area contributed by atoms with Gasteiger partial charge < -0.3 is 34.9 Å². The van der Waals surface area contributed by atoms with E-state index >= 15 is 0 Å². The van der Waals surface area contributed by atoms with Crippen LogP contribution in [0.3, 0.4) is 0 Å². The number of carboxylic acid groups (broad SMARTS) is 1. The van der Waals surface area contributed by atoms with Gasteiger partial charge in [0.25, 0.3) is 0 Å². The average Bonchev–Trinajstić information content (AvgIpc) is 3.42. The highest BCUT2D eigenvalue weighted by molar-refractivity contribution is 5.90. The summed E-state index contributed by atoms with van der Waals surface area (Å²) in [4.78, 5) is 41.2. The maximum atomic E-state index is 12.8. The van der Waals surface area contributed by atoms with E-state index in [9.17, 15) is 19.5 Å². The standard InChI is InChI=1S/C36H42N4O7/c1-23-31(21-39-19-17-28(18-20-39)40-30-6-3-2-5-29(30)38-36(40)45)46-35(47-34(23)25-11-9-24(22-41)10-12-25)26-13-15-27(16-14-26)37-32(42)7-4-8-33(43)44/h2-3,5-6,9-16,23,28,31,34-35,41H,4,7-8,17-22H2,1H3,(H,37,42)(H,38,45)(H,43,44)/t23-,31+,34+,35+/m0/s1. The van der Waals surface area contributed by atoms with Crippen LogP contribution in [-0.4, -0.2) is 62.3 Å². The Morgan fingerprint density at radius 3 is 2.34 bits per heavy atom. The van der Waals surface area contributed by atoms with Gasteiger partial charge in [-0.3, -0.25) is 14.2 Å². The van der Waals surface area contributed by atoms with Crippen molar-refractivity contribution in [2.75, 3.05) is 25.0 Å². The summed E-state index contributed by atoms with van der Waals surface area (Å²) in [5, 5.41) is 21.2. The smallest absolute Gasteiger partial charge is 0.326 e. The number of para-hydroxylation sites is 2. The third kappa shape index (κ3) is 7.65. The number of carbonyl (C=O) groups is 2. The zero-order valence-corrected chi connectivity index (χ0v) is 26.5. The second-order valence-corrected chi connectivity index (χ2v) is 12.6. The number of fused-ring (bicyclic) bond motifs is 1. The minimum absolute atomic E-state index is 0.0290. The third-order valence-electron chi connectivity index (χ3n) is 9.37. The summed E-state index contributed by atoms with van der Waals surface area (Å²) in [5.41, 5.74) is 5.02. The maximum absolute atomic E-state index is 12.8. The number of carboxylic acids is 1. The molecule has 11 heteroatoms. The molecule has 6 rings (SSSR count). The molecule has 2 aliphatic heterocycles. The van der Waals surface area contributed by atoms with Crippen molar-refractivity contribution in [1.82, 2.24) is 14.5 Å². The molecule has 11 nitrogen and oxygen atoms in total. The van der Waals surface area contributed by atoms with Crippen molar-refractivity contribution in [3.05, 3.63) is 100.0 Å². The fourth-order valence-electron chi connectivity index (χ4n) is 6.73. The first kappa shape index (κ1) is 32.6. The number of imidazole rings is 1. The Bertz CT molecular complexity index is 1720. The van der Waals surface area contributed by atoms with Crippen molar-refractivity contribution < 1.29 is 29.3 Å². The SMILES string of the molecule is C[C@H]1[C@@H](CN2CCC(n3c(=O)[nH]c4ccccc43)CC2)O[C@@H](c2ccc(NC(=O)CCCC(=O)O)cc2)O[C@H]1c1ccc(CO)cc1. The predicted octanol–water partition coefficient (Wildman–Crippen LogP) is 5.14. The van der Waals surface area contributed by atoms with Crippen LogP contribution in [0.4, 0.5) is 5.69 Å². The zero-order chi connectivity index (χ0) is 32.9. The quantitative estimate of drug-likeness (QED) is 0.176. The van der Waals surface area contributed by atoms with Gasteiger partial charge in [-0.05, 0) is 54.7 Å². The molecule has 2 aliphatic rings. The number of hydrogen-bond acceptors (Lipinski definition) is 7. The van der Waals surface area contributed by atoms with Crippen molar-refractivity contribution in [3.63, 3.8) is 0 Å². The number of aromatic nitrogens is 2. The highest BCUT2D eigenvalue weighted by Crippen LogP contribution is 2.42.